The minimum absolute atomic E-state index is 0.00939. The quantitative estimate of drug-likeness (QED) is 0.794. The lowest BCUT2D eigenvalue weighted by atomic mass is 10.1. The van der Waals surface area contributed by atoms with Crippen LogP contribution in [0.25, 0.3) is 0 Å². The van der Waals surface area contributed by atoms with Crippen LogP contribution < -0.4 is 11.1 Å². The summed E-state index contributed by atoms with van der Waals surface area (Å²) in [6, 6.07) is 3.48. The van der Waals surface area contributed by atoms with Crippen molar-refractivity contribution in [2.24, 2.45) is 11.7 Å². The molecule has 1 atom stereocenters. The second-order valence-corrected chi connectivity index (χ2v) is 4.27. The van der Waals surface area contributed by atoms with Crippen LogP contribution in [0.2, 0.25) is 0 Å². The van der Waals surface area contributed by atoms with Gasteiger partial charge >= 0.3 is 5.97 Å². The zero-order valence-electron chi connectivity index (χ0n) is 10.9. The molecule has 6 heteroatoms. The zero-order chi connectivity index (χ0) is 14.4. The Bertz CT molecular complexity index is 477. The second kappa shape index (κ2) is 6.84. The van der Waals surface area contributed by atoms with Crippen LogP contribution in [-0.2, 0) is 9.53 Å². The molecule has 3 N–H and O–H groups in total. The van der Waals surface area contributed by atoms with Crippen molar-refractivity contribution >= 4 is 17.6 Å². The van der Waals surface area contributed by atoms with Crippen molar-refractivity contribution in [3.05, 3.63) is 29.6 Å². The molecule has 1 amide bonds. The van der Waals surface area contributed by atoms with Crippen LogP contribution in [-0.4, -0.2) is 25.5 Å². The minimum atomic E-state index is -0.637. The summed E-state index contributed by atoms with van der Waals surface area (Å²) in [7, 11) is 1.22. The van der Waals surface area contributed by atoms with E-state index in [-0.39, 0.29) is 29.5 Å². The van der Waals surface area contributed by atoms with E-state index in [4.69, 9.17) is 5.73 Å². The molecule has 0 aliphatic heterocycles. The summed E-state index contributed by atoms with van der Waals surface area (Å²) in [5.41, 5.74) is 5.63. The molecule has 0 spiro atoms. The number of amides is 1. The normalized spacial score (nSPS) is 11.8. The lowest BCUT2D eigenvalue weighted by Crippen LogP contribution is -2.21. The number of anilines is 1. The Balaban J connectivity index is 2.89. The Labute approximate surface area is 110 Å². The summed E-state index contributed by atoms with van der Waals surface area (Å²) in [6.07, 6.45) is 0.202. The number of hydrogen-bond donors (Lipinski definition) is 2. The van der Waals surface area contributed by atoms with E-state index in [1.807, 2.05) is 6.92 Å². The minimum Gasteiger partial charge on any atom is -0.465 e. The highest BCUT2D eigenvalue weighted by Gasteiger charge is 2.15. The monoisotopic (exact) mass is 268 g/mol. The number of ether oxygens (including phenoxy) is 1. The number of hydrogen-bond acceptors (Lipinski definition) is 4. The molecule has 104 valence electrons. The van der Waals surface area contributed by atoms with E-state index in [2.05, 4.69) is 10.1 Å². The maximum Gasteiger partial charge on any atom is 0.339 e. The molecule has 0 heterocycles. The van der Waals surface area contributed by atoms with Gasteiger partial charge in [-0.3, -0.25) is 4.79 Å². The largest absolute Gasteiger partial charge is 0.465 e. The highest BCUT2D eigenvalue weighted by Crippen LogP contribution is 2.19. The van der Waals surface area contributed by atoms with Gasteiger partial charge in [-0.05, 0) is 30.7 Å². The van der Waals surface area contributed by atoms with Gasteiger partial charge in [0.25, 0.3) is 0 Å². The van der Waals surface area contributed by atoms with Gasteiger partial charge in [0.05, 0.1) is 18.4 Å². The average Bonchev–Trinajstić information content (AvgIpc) is 2.37. The first-order chi connectivity index (χ1) is 8.97. The van der Waals surface area contributed by atoms with Gasteiger partial charge in [-0.15, -0.1) is 0 Å². The number of benzene rings is 1. The summed E-state index contributed by atoms with van der Waals surface area (Å²) in [5, 5.41) is 2.50. The molecule has 0 saturated heterocycles. The summed E-state index contributed by atoms with van der Waals surface area (Å²) < 4.78 is 17.7. The van der Waals surface area contributed by atoms with Crippen LogP contribution in [0.3, 0.4) is 0 Å². The van der Waals surface area contributed by atoms with E-state index in [9.17, 15) is 14.0 Å². The second-order valence-electron chi connectivity index (χ2n) is 4.27. The van der Waals surface area contributed by atoms with Gasteiger partial charge in [0.1, 0.15) is 5.82 Å². The van der Waals surface area contributed by atoms with Gasteiger partial charge in [-0.25, -0.2) is 9.18 Å². The molecule has 1 aromatic carbocycles. The van der Waals surface area contributed by atoms with E-state index in [1.165, 1.54) is 13.2 Å². The molecule has 0 aromatic heterocycles. The predicted molar refractivity (Wildman–Crippen MR) is 69.2 cm³/mol. The predicted octanol–water partition coefficient (Wildman–Crippen LogP) is 1.54. The Hall–Kier alpha value is -1.95. The van der Waals surface area contributed by atoms with Crippen molar-refractivity contribution in [3.63, 3.8) is 0 Å². The van der Waals surface area contributed by atoms with Gasteiger partial charge in [0.15, 0.2) is 0 Å². The summed E-state index contributed by atoms with van der Waals surface area (Å²) in [6.45, 7) is 2.20. The molecular weight excluding hydrogens is 251 g/mol. The number of nitrogens with one attached hydrogen (secondary N) is 1. The molecule has 0 saturated carbocycles. The van der Waals surface area contributed by atoms with Crippen molar-refractivity contribution in [2.45, 2.75) is 13.3 Å². The molecular formula is C13H17FN2O3. The van der Waals surface area contributed by atoms with E-state index in [0.717, 1.165) is 12.1 Å². The van der Waals surface area contributed by atoms with E-state index < -0.39 is 11.8 Å². The van der Waals surface area contributed by atoms with E-state index >= 15 is 0 Å². The van der Waals surface area contributed by atoms with Crippen molar-refractivity contribution < 1.29 is 18.7 Å². The number of carbonyl (C=O) groups excluding carboxylic acids is 2. The standard InChI is InChI=1S/C13H17FN2O3/c1-8(7-15)5-12(17)16-11-6-9(14)3-4-10(11)13(18)19-2/h3-4,6,8H,5,7,15H2,1-2H3,(H,16,17). The number of esters is 1. The third-order valence-electron chi connectivity index (χ3n) is 2.60. The summed E-state index contributed by atoms with van der Waals surface area (Å²) in [5.74, 6) is -1.50. The number of carbonyl (C=O) groups is 2. The van der Waals surface area contributed by atoms with Gasteiger partial charge in [-0.2, -0.15) is 0 Å². The number of rotatable bonds is 5. The van der Waals surface area contributed by atoms with Crippen LogP contribution in [0.4, 0.5) is 10.1 Å². The van der Waals surface area contributed by atoms with Crippen LogP contribution in [0.1, 0.15) is 23.7 Å². The number of methoxy groups -OCH3 is 1. The first kappa shape index (κ1) is 15.1. The molecule has 0 fully saturated rings. The first-order valence-electron chi connectivity index (χ1n) is 5.85. The Morgan fingerprint density at radius 3 is 2.74 bits per heavy atom. The fraction of sp³-hybridized carbons (Fsp3) is 0.385. The number of nitrogens with two attached hydrogens (primary N) is 1. The highest BCUT2D eigenvalue weighted by molar-refractivity contribution is 6.01. The third kappa shape index (κ3) is 4.33. The van der Waals surface area contributed by atoms with Crippen molar-refractivity contribution in [1.82, 2.24) is 0 Å². The molecule has 1 aromatic rings. The molecule has 19 heavy (non-hydrogen) atoms. The van der Waals surface area contributed by atoms with Gasteiger partial charge in [0, 0.05) is 6.42 Å². The Morgan fingerprint density at radius 1 is 1.47 bits per heavy atom. The van der Waals surface area contributed by atoms with Crippen molar-refractivity contribution in [2.75, 3.05) is 19.0 Å². The third-order valence-corrected chi connectivity index (χ3v) is 2.60. The lowest BCUT2D eigenvalue weighted by Gasteiger charge is -2.12. The molecule has 1 rings (SSSR count). The number of halogens is 1. The summed E-state index contributed by atoms with van der Waals surface area (Å²) >= 11 is 0. The fourth-order valence-electron chi connectivity index (χ4n) is 1.51. The Morgan fingerprint density at radius 2 is 2.16 bits per heavy atom. The fourth-order valence-corrected chi connectivity index (χ4v) is 1.51. The summed E-state index contributed by atoms with van der Waals surface area (Å²) in [4.78, 5) is 23.2. The molecule has 0 radical (unpaired) electrons. The van der Waals surface area contributed by atoms with Crippen LogP contribution >= 0.6 is 0 Å². The van der Waals surface area contributed by atoms with Gasteiger partial charge < -0.3 is 15.8 Å². The zero-order valence-corrected chi connectivity index (χ0v) is 10.9. The molecule has 5 nitrogen and oxygen atoms in total. The molecule has 0 aliphatic carbocycles. The molecule has 0 aliphatic rings. The smallest absolute Gasteiger partial charge is 0.339 e. The maximum atomic E-state index is 13.2. The molecule has 0 bridgehead atoms. The Kier molecular flexibility index (Phi) is 5.44. The molecule has 1 unspecified atom stereocenters. The van der Waals surface area contributed by atoms with Crippen LogP contribution in [0.15, 0.2) is 18.2 Å². The van der Waals surface area contributed by atoms with Crippen molar-refractivity contribution in [3.8, 4) is 0 Å². The van der Waals surface area contributed by atoms with Crippen LogP contribution in [0, 0.1) is 11.7 Å². The topological polar surface area (TPSA) is 81.4 Å². The van der Waals surface area contributed by atoms with Gasteiger partial charge in [0.2, 0.25) is 5.91 Å². The highest BCUT2D eigenvalue weighted by atomic mass is 19.1. The van der Waals surface area contributed by atoms with Crippen LogP contribution in [0.5, 0.6) is 0 Å². The van der Waals surface area contributed by atoms with E-state index in [1.54, 1.807) is 0 Å². The lowest BCUT2D eigenvalue weighted by molar-refractivity contribution is -0.116. The first-order valence-corrected chi connectivity index (χ1v) is 5.85. The van der Waals surface area contributed by atoms with Crippen molar-refractivity contribution in [1.29, 1.82) is 0 Å². The average molecular weight is 268 g/mol. The van der Waals surface area contributed by atoms with Gasteiger partial charge in [-0.1, -0.05) is 6.92 Å². The van der Waals surface area contributed by atoms with E-state index in [0.29, 0.717) is 6.54 Å². The SMILES string of the molecule is COC(=O)c1ccc(F)cc1NC(=O)CC(C)CN. The maximum absolute atomic E-state index is 13.2.